The Balaban J connectivity index is 1.42. The van der Waals surface area contributed by atoms with Crippen LogP contribution in [-0.2, 0) is 14.9 Å². The van der Waals surface area contributed by atoms with E-state index in [9.17, 15) is 14.0 Å². The third-order valence-electron chi connectivity index (χ3n) is 7.27. The second-order valence-corrected chi connectivity index (χ2v) is 11.4. The summed E-state index contributed by atoms with van der Waals surface area (Å²) in [4.78, 5) is 33.8. The molecule has 170 valence electrons. The molecule has 3 heterocycles. The number of nitrogens with zero attached hydrogens (tertiary/aromatic N) is 3. The number of amides is 2. The Kier molecular flexibility index (Phi) is 4.65. The van der Waals surface area contributed by atoms with Gasteiger partial charge in [0.15, 0.2) is 0 Å². The predicted molar refractivity (Wildman–Crippen MR) is 123 cm³/mol. The molecular weight excluding hydrogens is 477 g/mol. The monoisotopic (exact) mass is 503 g/mol. The number of halogens is 2. The van der Waals surface area contributed by atoms with Crippen molar-refractivity contribution in [2.45, 2.75) is 57.5 Å². The highest BCUT2D eigenvalue weighted by molar-refractivity contribution is 9.10. The first-order valence-electron chi connectivity index (χ1n) is 11.0. The zero-order valence-corrected chi connectivity index (χ0v) is 20.4. The Morgan fingerprint density at radius 3 is 2.50 bits per heavy atom. The summed E-state index contributed by atoms with van der Waals surface area (Å²) >= 11 is 3.29. The van der Waals surface area contributed by atoms with E-state index in [1.807, 2.05) is 20.8 Å². The highest BCUT2D eigenvalue weighted by atomic mass is 79.9. The molecule has 0 N–H and O–H groups in total. The Hall–Kier alpha value is -2.22. The van der Waals surface area contributed by atoms with Gasteiger partial charge in [-0.1, -0.05) is 0 Å². The summed E-state index contributed by atoms with van der Waals surface area (Å²) in [5, 5.41) is 0.828. The summed E-state index contributed by atoms with van der Waals surface area (Å²) in [6, 6.07) is 3.17. The number of carbonyl (C=O) groups is 2. The minimum Gasteiger partial charge on any atom is -0.444 e. The lowest BCUT2D eigenvalue weighted by Gasteiger charge is -2.57. The molecule has 0 atom stereocenters. The van der Waals surface area contributed by atoms with E-state index in [4.69, 9.17) is 4.74 Å². The molecule has 0 radical (unpaired) electrons. The van der Waals surface area contributed by atoms with E-state index >= 15 is 0 Å². The number of carbonyl (C=O) groups excluding carboxylic acids is 2. The minimum atomic E-state index is -0.601. The maximum Gasteiger partial charge on any atom is 0.410 e. The molecule has 2 fully saturated rings. The second kappa shape index (κ2) is 6.89. The number of hydrogen-bond acceptors (Lipinski definition) is 4. The zero-order chi connectivity index (χ0) is 23.1. The lowest BCUT2D eigenvalue weighted by atomic mass is 9.47. The molecule has 2 amide bonds. The van der Waals surface area contributed by atoms with Gasteiger partial charge >= 0.3 is 6.09 Å². The molecule has 2 aliphatic heterocycles. The molecule has 6 nitrogen and oxygen atoms in total. The van der Waals surface area contributed by atoms with E-state index in [-0.39, 0.29) is 23.2 Å². The van der Waals surface area contributed by atoms with Crippen molar-refractivity contribution in [2.24, 2.45) is 5.41 Å². The summed E-state index contributed by atoms with van der Waals surface area (Å²) in [6.07, 6.45) is 4.60. The van der Waals surface area contributed by atoms with Crippen LogP contribution in [0, 0.1) is 11.2 Å². The van der Waals surface area contributed by atoms with Crippen LogP contribution >= 0.6 is 15.9 Å². The van der Waals surface area contributed by atoms with Gasteiger partial charge in [-0.3, -0.25) is 9.78 Å². The van der Waals surface area contributed by atoms with Gasteiger partial charge in [-0.15, -0.1) is 0 Å². The molecule has 1 aliphatic carbocycles. The standard InChI is InChI=1S/C24H27BrFN3O3/c1-22(2,3)32-21(31)29-7-5-23(6-8-29)12-24(13-23)19-14-9-15(25)16(26)10-17(14)27-11-18(19)28(4)20(24)30/h9-11H,5-8,12-13H2,1-4H3. The number of hydrogen-bond donors (Lipinski definition) is 0. The third-order valence-corrected chi connectivity index (χ3v) is 7.88. The number of anilines is 1. The van der Waals surface area contributed by atoms with Crippen molar-refractivity contribution in [1.82, 2.24) is 9.88 Å². The van der Waals surface area contributed by atoms with Crippen LogP contribution < -0.4 is 4.90 Å². The van der Waals surface area contributed by atoms with Crippen molar-refractivity contribution >= 4 is 44.5 Å². The van der Waals surface area contributed by atoms with Crippen LogP contribution in [0.5, 0.6) is 0 Å². The van der Waals surface area contributed by atoms with Crippen LogP contribution in [0.4, 0.5) is 14.9 Å². The highest BCUT2D eigenvalue weighted by Gasteiger charge is 2.64. The molecule has 2 spiro atoms. The largest absolute Gasteiger partial charge is 0.444 e. The Morgan fingerprint density at radius 2 is 1.88 bits per heavy atom. The SMILES string of the molecule is CN1C(=O)C2(CC3(CCN(C(=O)OC(C)(C)C)CC3)C2)c2c1cnc1cc(F)c(Br)cc21. The smallest absolute Gasteiger partial charge is 0.410 e. The van der Waals surface area contributed by atoms with E-state index in [2.05, 4.69) is 20.9 Å². The van der Waals surface area contributed by atoms with Gasteiger partial charge in [0.1, 0.15) is 11.4 Å². The zero-order valence-electron chi connectivity index (χ0n) is 18.8. The quantitative estimate of drug-likeness (QED) is 0.497. The van der Waals surface area contributed by atoms with E-state index < -0.39 is 11.0 Å². The van der Waals surface area contributed by atoms with Crippen molar-refractivity contribution in [3.05, 3.63) is 34.2 Å². The van der Waals surface area contributed by atoms with Crippen LogP contribution in [-0.4, -0.2) is 47.6 Å². The Labute approximate surface area is 195 Å². The molecule has 8 heteroatoms. The summed E-state index contributed by atoms with van der Waals surface area (Å²) < 4.78 is 20.0. The van der Waals surface area contributed by atoms with Crippen LogP contribution in [0.1, 0.15) is 52.0 Å². The summed E-state index contributed by atoms with van der Waals surface area (Å²) in [6.45, 7) is 6.88. The molecule has 1 aromatic heterocycles. The first-order valence-corrected chi connectivity index (χ1v) is 11.8. The van der Waals surface area contributed by atoms with Crippen LogP contribution in [0.15, 0.2) is 22.8 Å². The van der Waals surface area contributed by atoms with E-state index in [1.165, 1.54) is 6.07 Å². The average Bonchev–Trinajstić information content (AvgIpc) is 2.90. The summed E-state index contributed by atoms with van der Waals surface area (Å²) in [5.41, 5.74) is 1.26. The first-order chi connectivity index (χ1) is 14.9. The number of ether oxygens (including phenoxy) is 1. The van der Waals surface area contributed by atoms with Gasteiger partial charge in [0.05, 0.1) is 27.3 Å². The number of piperidine rings is 1. The lowest BCUT2D eigenvalue weighted by Crippen LogP contribution is -2.58. The van der Waals surface area contributed by atoms with Crippen molar-refractivity contribution in [3.8, 4) is 0 Å². The number of pyridine rings is 1. The van der Waals surface area contributed by atoms with Gasteiger partial charge in [0.2, 0.25) is 5.91 Å². The number of fused-ring (bicyclic) bond motifs is 4. The fourth-order valence-corrected chi connectivity index (χ4v) is 6.21. The van der Waals surface area contributed by atoms with Gasteiger partial charge in [-0.25, -0.2) is 9.18 Å². The maximum absolute atomic E-state index is 14.1. The molecule has 0 unspecified atom stereocenters. The third kappa shape index (κ3) is 3.13. The van der Waals surface area contributed by atoms with Crippen molar-refractivity contribution < 1.29 is 18.7 Å². The molecule has 2 aromatic rings. The summed E-state index contributed by atoms with van der Waals surface area (Å²) in [5.74, 6) is -0.279. The normalized spacial score (nSPS) is 21.2. The molecule has 1 aromatic carbocycles. The fraction of sp³-hybridized carbons (Fsp3) is 0.542. The summed E-state index contributed by atoms with van der Waals surface area (Å²) in [7, 11) is 1.79. The number of aromatic nitrogens is 1. The Morgan fingerprint density at radius 1 is 1.22 bits per heavy atom. The van der Waals surface area contributed by atoms with Crippen molar-refractivity contribution in [1.29, 1.82) is 0 Å². The van der Waals surface area contributed by atoms with Crippen molar-refractivity contribution in [3.63, 3.8) is 0 Å². The molecule has 5 rings (SSSR count). The minimum absolute atomic E-state index is 0.0312. The fourth-order valence-electron chi connectivity index (χ4n) is 5.87. The van der Waals surface area contributed by atoms with Gasteiger partial charge in [0.25, 0.3) is 0 Å². The number of likely N-dealkylation sites (tertiary alicyclic amines) is 1. The van der Waals surface area contributed by atoms with Gasteiger partial charge in [-0.2, -0.15) is 0 Å². The molecule has 3 aliphatic rings. The lowest BCUT2D eigenvalue weighted by molar-refractivity contribution is -0.134. The van der Waals surface area contributed by atoms with Crippen LogP contribution in [0.25, 0.3) is 10.9 Å². The predicted octanol–water partition coefficient (Wildman–Crippen LogP) is 5.16. The van der Waals surface area contributed by atoms with Crippen LogP contribution in [0.2, 0.25) is 0 Å². The molecule has 1 saturated heterocycles. The molecular formula is C24H27BrFN3O3. The number of rotatable bonds is 0. The van der Waals surface area contributed by atoms with E-state index in [0.717, 1.165) is 42.3 Å². The molecule has 1 saturated carbocycles. The van der Waals surface area contributed by atoms with Crippen LogP contribution in [0.3, 0.4) is 0 Å². The van der Waals surface area contributed by atoms with Crippen molar-refractivity contribution in [2.75, 3.05) is 25.0 Å². The topological polar surface area (TPSA) is 62.7 Å². The maximum atomic E-state index is 14.1. The Bertz CT molecular complexity index is 1140. The molecule has 0 bridgehead atoms. The van der Waals surface area contributed by atoms with E-state index in [0.29, 0.717) is 23.1 Å². The second-order valence-electron chi connectivity index (χ2n) is 10.6. The van der Waals surface area contributed by atoms with Gasteiger partial charge in [0, 0.05) is 37.2 Å². The van der Waals surface area contributed by atoms with E-state index in [1.54, 1.807) is 29.1 Å². The highest BCUT2D eigenvalue weighted by Crippen LogP contribution is 2.65. The van der Waals surface area contributed by atoms with Gasteiger partial charge < -0.3 is 14.5 Å². The molecule has 32 heavy (non-hydrogen) atoms. The number of likely N-dealkylation sites (N-methyl/N-ethyl adjacent to an activating group) is 1. The average molecular weight is 504 g/mol. The van der Waals surface area contributed by atoms with Gasteiger partial charge in [-0.05, 0) is 73.9 Å². The number of benzene rings is 1. The first kappa shape index (κ1) is 21.6.